The van der Waals surface area contributed by atoms with Crippen LogP contribution >= 0.6 is 0 Å². The van der Waals surface area contributed by atoms with Crippen LogP contribution in [0.15, 0.2) is 40.1 Å². The molecular weight excluding hydrogens is 408 g/mol. The van der Waals surface area contributed by atoms with Gasteiger partial charge in [0.05, 0.1) is 33.3 Å². The predicted molar refractivity (Wildman–Crippen MR) is 110 cm³/mol. The number of benzene rings is 1. The number of ether oxygens (including phenoxy) is 3. The van der Waals surface area contributed by atoms with E-state index in [1.165, 1.54) is 13.2 Å². The summed E-state index contributed by atoms with van der Waals surface area (Å²) in [6.07, 6.45) is 0.564. The molecule has 3 rings (SSSR count). The molecule has 0 spiro atoms. The predicted octanol–water partition coefficient (Wildman–Crippen LogP) is 1.41. The van der Waals surface area contributed by atoms with Crippen LogP contribution in [0.3, 0.4) is 0 Å². The minimum atomic E-state index is -1.21. The van der Waals surface area contributed by atoms with Gasteiger partial charge in [-0.1, -0.05) is 0 Å². The zero-order valence-electron chi connectivity index (χ0n) is 17.0. The van der Waals surface area contributed by atoms with E-state index in [4.69, 9.17) is 9.47 Å². The van der Waals surface area contributed by atoms with E-state index in [9.17, 15) is 24.3 Å². The van der Waals surface area contributed by atoms with Crippen LogP contribution < -0.4 is 15.9 Å². The van der Waals surface area contributed by atoms with Crippen LogP contribution in [-0.2, 0) is 14.3 Å². The highest BCUT2D eigenvalue weighted by Gasteiger charge is 2.30. The molecule has 31 heavy (non-hydrogen) atoms. The fraction of sp³-hybridized carbons (Fsp3) is 0.238. The lowest BCUT2D eigenvalue weighted by atomic mass is 9.88. The summed E-state index contributed by atoms with van der Waals surface area (Å²) in [4.78, 5) is 54.6. The number of aromatic hydroxyl groups is 1. The summed E-state index contributed by atoms with van der Waals surface area (Å²) >= 11 is 0. The number of methoxy groups -OCH3 is 3. The quantitative estimate of drug-likeness (QED) is 0.499. The van der Waals surface area contributed by atoms with E-state index in [0.29, 0.717) is 16.7 Å². The normalized spacial score (nSPS) is 11.7. The molecule has 0 fully saturated rings. The van der Waals surface area contributed by atoms with Gasteiger partial charge in [0.15, 0.2) is 0 Å². The number of carbonyl (C=O) groups is 2. The maximum atomic E-state index is 12.8. The number of aromatic nitrogens is 2. The smallest absolute Gasteiger partial charge is 0.343 e. The fourth-order valence-electron chi connectivity index (χ4n) is 3.33. The number of H-pyrrole nitrogens is 2. The SMILES string of the molecule is COC(=O)C[C@H](c1cc2cc(OC)ccc2[nH]c1=O)c1c(O)c(C(=O)OC)c[nH]c1=O. The number of rotatable bonds is 6. The van der Waals surface area contributed by atoms with Gasteiger partial charge < -0.3 is 29.3 Å². The van der Waals surface area contributed by atoms with Crippen molar-refractivity contribution >= 4 is 22.8 Å². The highest BCUT2D eigenvalue weighted by molar-refractivity contribution is 5.92. The number of fused-ring (bicyclic) bond motifs is 1. The van der Waals surface area contributed by atoms with E-state index in [-0.39, 0.29) is 16.7 Å². The third-order valence-electron chi connectivity index (χ3n) is 4.91. The zero-order valence-corrected chi connectivity index (χ0v) is 17.0. The van der Waals surface area contributed by atoms with E-state index < -0.39 is 41.1 Å². The van der Waals surface area contributed by atoms with Gasteiger partial charge >= 0.3 is 11.9 Å². The molecule has 2 heterocycles. The first-order valence-corrected chi connectivity index (χ1v) is 9.11. The van der Waals surface area contributed by atoms with E-state index in [2.05, 4.69) is 14.7 Å². The van der Waals surface area contributed by atoms with Crippen LogP contribution in [0.2, 0.25) is 0 Å². The second-order valence-corrected chi connectivity index (χ2v) is 6.63. The molecule has 0 unspecified atom stereocenters. The largest absolute Gasteiger partial charge is 0.506 e. The van der Waals surface area contributed by atoms with Crippen molar-refractivity contribution in [3.05, 3.63) is 67.9 Å². The van der Waals surface area contributed by atoms with Gasteiger partial charge in [-0.15, -0.1) is 0 Å². The lowest BCUT2D eigenvalue weighted by Gasteiger charge is -2.18. The number of pyridine rings is 2. The first-order chi connectivity index (χ1) is 14.8. The lowest BCUT2D eigenvalue weighted by molar-refractivity contribution is -0.140. The standard InChI is InChI=1S/C21H20N2O8/c1-29-11-4-5-15-10(6-11)7-13(19(26)23-15)12(8-16(24)30-2)17-18(25)14(21(28)31-3)9-22-20(17)27/h4-7,9,12H,8H2,1-3H3,(H,23,26)(H2,22,25,27)/t12-/m1/s1. The van der Waals surface area contributed by atoms with Crippen LogP contribution in [0.4, 0.5) is 0 Å². The van der Waals surface area contributed by atoms with Crippen molar-refractivity contribution in [3.63, 3.8) is 0 Å². The Morgan fingerprint density at radius 1 is 1.06 bits per heavy atom. The van der Waals surface area contributed by atoms with E-state index >= 15 is 0 Å². The summed E-state index contributed by atoms with van der Waals surface area (Å²) in [5.41, 5.74) is -1.47. The van der Waals surface area contributed by atoms with Gasteiger partial charge in [0.1, 0.15) is 17.1 Å². The number of carbonyl (C=O) groups excluding carboxylic acids is 2. The Hall–Kier alpha value is -4.08. The molecule has 162 valence electrons. The molecule has 0 saturated carbocycles. The Kier molecular flexibility index (Phi) is 6.10. The molecule has 0 saturated heterocycles. The minimum absolute atomic E-state index is 0.0222. The molecule has 10 heteroatoms. The molecule has 1 aromatic carbocycles. The molecule has 3 N–H and O–H groups in total. The van der Waals surface area contributed by atoms with E-state index in [0.717, 1.165) is 20.4 Å². The molecule has 0 radical (unpaired) electrons. The molecule has 0 amide bonds. The Bertz CT molecular complexity index is 1270. The topological polar surface area (TPSA) is 148 Å². The van der Waals surface area contributed by atoms with Crippen LogP contribution in [0.5, 0.6) is 11.5 Å². The number of nitrogens with one attached hydrogen (secondary N) is 2. The number of aromatic amines is 2. The molecule has 3 aromatic rings. The fourth-order valence-corrected chi connectivity index (χ4v) is 3.33. The third kappa shape index (κ3) is 4.13. The van der Waals surface area contributed by atoms with Crippen molar-refractivity contribution in [1.82, 2.24) is 9.97 Å². The molecule has 0 aliphatic heterocycles. The van der Waals surface area contributed by atoms with Crippen molar-refractivity contribution in [2.24, 2.45) is 0 Å². The van der Waals surface area contributed by atoms with Gasteiger partial charge in [-0.2, -0.15) is 0 Å². The van der Waals surface area contributed by atoms with Crippen molar-refractivity contribution in [2.75, 3.05) is 21.3 Å². The molecular formula is C21H20N2O8. The monoisotopic (exact) mass is 428 g/mol. The van der Waals surface area contributed by atoms with Gasteiger partial charge in [0.2, 0.25) is 0 Å². The molecule has 0 aliphatic rings. The second-order valence-electron chi connectivity index (χ2n) is 6.63. The summed E-state index contributed by atoms with van der Waals surface area (Å²) in [5, 5.41) is 11.2. The Morgan fingerprint density at radius 3 is 2.45 bits per heavy atom. The van der Waals surface area contributed by atoms with Crippen molar-refractivity contribution < 1.29 is 28.9 Å². The zero-order chi connectivity index (χ0) is 22.7. The maximum absolute atomic E-state index is 12.8. The highest BCUT2D eigenvalue weighted by Crippen LogP contribution is 2.33. The summed E-state index contributed by atoms with van der Waals surface area (Å²) in [6, 6.07) is 6.48. The molecule has 10 nitrogen and oxygen atoms in total. The summed E-state index contributed by atoms with van der Waals surface area (Å²) < 4.78 is 14.5. The van der Waals surface area contributed by atoms with Gasteiger partial charge in [0, 0.05) is 28.6 Å². The lowest BCUT2D eigenvalue weighted by Crippen LogP contribution is -2.26. The maximum Gasteiger partial charge on any atom is 0.343 e. The van der Waals surface area contributed by atoms with Crippen LogP contribution in [-0.4, -0.2) is 48.3 Å². The number of hydrogen-bond donors (Lipinski definition) is 3. The van der Waals surface area contributed by atoms with E-state index in [1.54, 1.807) is 18.2 Å². The van der Waals surface area contributed by atoms with Gasteiger partial charge in [-0.25, -0.2) is 4.79 Å². The Morgan fingerprint density at radius 2 is 1.81 bits per heavy atom. The van der Waals surface area contributed by atoms with Gasteiger partial charge in [0.25, 0.3) is 11.1 Å². The van der Waals surface area contributed by atoms with Crippen molar-refractivity contribution in [3.8, 4) is 11.5 Å². The molecule has 1 atom stereocenters. The number of hydrogen-bond acceptors (Lipinski definition) is 8. The van der Waals surface area contributed by atoms with Crippen LogP contribution in [0, 0.1) is 0 Å². The van der Waals surface area contributed by atoms with Crippen molar-refractivity contribution in [1.29, 1.82) is 0 Å². The average Bonchev–Trinajstić information content (AvgIpc) is 2.77. The first-order valence-electron chi connectivity index (χ1n) is 9.11. The average molecular weight is 428 g/mol. The molecule has 2 aromatic heterocycles. The summed E-state index contributed by atoms with van der Waals surface area (Å²) in [6.45, 7) is 0. The van der Waals surface area contributed by atoms with Crippen LogP contribution in [0.1, 0.15) is 33.8 Å². The highest BCUT2D eigenvalue weighted by atomic mass is 16.5. The third-order valence-corrected chi connectivity index (χ3v) is 4.91. The van der Waals surface area contributed by atoms with Gasteiger partial charge in [-0.05, 0) is 24.3 Å². The van der Waals surface area contributed by atoms with Crippen molar-refractivity contribution in [2.45, 2.75) is 12.3 Å². The minimum Gasteiger partial charge on any atom is -0.506 e. The summed E-state index contributed by atoms with van der Waals surface area (Å²) in [5.74, 6) is -2.99. The number of esters is 2. The Balaban J connectivity index is 2.30. The second kappa shape index (κ2) is 8.74. The van der Waals surface area contributed by atoms with Crippen LogP contribution in [0.25, 0.3) is 10.9 Å². The Labute approximate surface area is 175 Å². The molecule has 0 aliphatic carbocycles. The first kappa shape index (κ1) is 21.6. The van der Waals surface area contributed by atoms with Gasteiger partial charge in [-0.3, -0.25) is 14.4 Å². The van der Waals surface area contributed by atoms with E-state index in [1.807, 2.05) is 0 Å². The summed E-state index contributed by atoms with van der Waals surface area (Å²) in [7, 11) is 3.76. The molecule has 0 bridgehead atoms.